The summed E-state index contributed by atoms with van der Waals surface area (Å²) < 4.78 is 7.23. The predicted molar refractivity (Wildman–Crippen MR) is 94.9 cm³/mol. The van der Waals surface area contributed by atoms with Crippen molar-refractivity contribution in [2.75, 3.05) is 42.4 Å². The maximum Gasteiger partial charge on any atom is 0.253 e. The molecule has 1 aromatic carbocycles. The first-order valence-corrected chi connectivity index (χ1v) is 9.23. The zero-order valence-corrected chi connectivity index (χ0v) is 14.1. The van der Waals surface area contributed by atoms with E-state index < -0.39 is 0 Å². The van der Waals surface area contributed by atoms with Crippen molar-refractivity contribution in [2.24, 2.45) is 0 Å². The van der Waals surface area contributed by atoms with Gasteiger partial charge in [0.2, 0.25) is 5.95 Å². The first-order chi connectivity index (χ1) is 11.2. The van der Waals surface area contributed by atoms with Crippen LogP contribution in [0, 0.1) is 0 Å². The monoisotopic (exact) mass is 334 g/mol. The molecule has 23 heavy (non-hydrogen) atoms. The molecule has 1 amide bonds. The molecular formula is C16H22N4O2S. The second kappa shape index (κ2) is 7.23. The van der Waals surface area contributed by atoms with E-state index in [0.29, 0.717) is 19.1 Å². The number of amides is 1. The molecule has 0 unspecified atom stereocenters. The number of hydrogen-bond donors (Lipinski definition) is 1. The molecule has 0 aliphatic carbocycles. The number of aromatic nitrogens is 2. The van der Waals surface area contributed by atoms with Gasteiger partial charge in [0.1, 0.15) is 6.61 Å². The van der Waals surface area contributed by atoms with E-state index in [-0.39, 0.29) is 12.5 Å². The van der Waals surface area contributed by atoms with Crippen molar-refractivity contribution in [1.82, 2.24) is 9.55 Å². The third kappa shape index (κ3) is 3.45. The fraction of sp³-hybridized carbons (Fsp3) is 0.500. The number of thioether (sulfide) groups is 1. The molecule has 0 atom stereocenters. The maximum atomic E-state index is 12.0. The standard InChI is InChI=1S/C16H22N4O2S/c1-23-9-3-2-6-20-14-5-4-12(10-13(14)18-16(20)17)19-7-8-22-11-15(19)21/h4-5,10H,2-3,6-9,11H2,1H3,(H2,17,18). The van der Waals surface area contributed by atoms with Gasteiger partial charge >= 0.3 is 0 Å². The molecule has 0 radical (unpaired) electrons. The average Bonchev–Trinajstić information content (AvgIpc) is 2.87. The fourth-order valence-electron chi connectivity index (χ4n) is 2.85. The molecule has 0 spiro atoms. The lowest BCUT2D eigenvalue weighted by Crippen LogP contribution is -2.41. The topological polar surface area (TPSA) is 73.4 Å². The van der Waals surface area contributed by atoms with E-state index in [0.717, 1.165) is 35.4 Å². The zero-order chi connectivity index (χ0) is 16.2. The normalized spacial score (nSPS) is 15.5. The van der Waals surface area contributed by atoms with E-state index in [1.807, 2.05) is 30.0 Å². The Kier molecular flexibility index (Phi) is 5.07. The predicted octanol–water partition coefficient (Wildman–Crippen LogP) is 2.12. The third-order valence-corrected chi connectivity index (χ3v) is 4.74. The molecular weight excluding hydrogens is 312 g/mol. The molecule has 0 bridgehead atoms. The minimum absolute atomic E-state index is 0.0138. The number of rotatable bonds is 6. The van der Waals surface area contributed by atoms with Gasteiger partial charge < -0.3 is 19.9 Å². The first-order valence-electron chi connectivity index (χ1n) is 7.83. The third-order valence-electron chi connectivity index (χ3n) is 4.04. The largest absolute Gasteiger partial charge is 0.370 e. The van der Waals surface area contributed by atoms with E-state index in [2.05, 4.69) is 15.8 Å². The van der Waals surface area contributed by atoms with Crippen LogP contribution in [0.1, 0.15) is 12.8 Å². The van der Waals surface area contributed by atoms with Crippen LogP contribution >= 0.6 is 11.8 Å². The minimum Gasteiger partial charge on any atom is -0.370 e. The smallest absolute Gasteiger partial charge is 0.253 e. The molecule has 2 N–H and O–H groups in total. The molecule has 1 aliphatic rings. The molecule has 2 aromatic rings. The Labute approximate surface area is 140 Å². The lowest BCUT2D eigenvalue weighted by molar-refractivity contribution is -0.125. The van der Waals surface area contributed by atoms with Crippen LogP contribution in [0.2, 0.25) is 0 Å². The van der Waals surface area contributed by atoms with Crippen LogP contribution < -0.4 is 10.6 Å². The average molecular weight is 334 g/mol. The SMILES string of the molecule is CSCCCCn1c(N)nc2cc(N3CCOCC3=O)ccc21. The van der Waals surface area contributed by atoms with Crippen LogP contribution in [0.25, 0.3) is 11.0 Å². The molecule has 0 saturated carbocycles. The number of imidazole rings is 1. The van der Waals surface area contributed by atoms with Crippen LogP contribution in [-0.4, -0.2) is 47.2 Å². The highest BCUT2D eigenvalue weighted by Crippen LogP contribution is 2.25. The summed E-state index contributed by atoms with van der Waals surface area (Å²) in [6.45, 7) is 2.16. The lowest BCUT2D eigenvalue weighted by Gasteiger charge is -2.26. The van der Waals surface area contributed by atoms with Crippen LogP contribution in [0.15, 0.2) is 18.2 Å². The number of carbonyl (C=O) groups excluding carboxylic acids is 1. The van der Waals surface area contributed by atoms with Crippen molar-refractivity contribution in [1.29, 1.82) is 0 Å². The van der Waals surface area contributed by atoms with E-state index >= 15 is 0 Å². The number of carbonyl (C=O) groups is 1. The second-order valence-corrected chi connectivity index (χ2v) is 6.58. The summed E-state index contributed by atoms with van der Waals surface area (Å²) in [6.07, 6.45) is 4.37. The zero-order valence-electron chi connectivity index (χ0n) is 13.3. The Morgan fingerprint density at radius 3 is 3.04 bits per heavy atom. The van der Waals surface area contributed by atoms with Gasteiger partial charge in [-0.25, -0.2) is 4.98 Å². The first kappa shape index (κ1) is 16.1. The van der Waals surface area contributed by atoms with E-state index in [4.69, 9.17) is 10.5 Å². The Bertz CT molecular complexity index is 701. The summed E-state index contributed by atoms with van der Waals surface area (Å²) in [4.78, 5) is 18.2. The Morgan fingerprint density at radius 2 is 2.26 bits per heavy atom. The van der Waals surface area contributed by atoms with Gasteiger partial charge in [0.15, 0.2) is 0 Å². The number of fused-ring (bicyclic) bond motifs is 1. The van der Waals surface area contributed by atoms with Crippen molar-refractivity contribution < 1.29 is 9.53 Å². The second-order valence-electron chi connectivity index (χ2n) is 5.59. The van der Waals surface area contributed by atoms with Gasteiger partial charge in [-0.05, 0) is 43.0 Å². The van der Waals surface area contributed by atoms with Crippen molar-refractivity contribution in [2.45, 2.75) is 19.4 Å². The fourth-order valence-corrected chi connectivity index (χ4v) is 3.34. The molecule has 6 nitrogen and oxygen atoms in total. The summed E-state index contributed by atoms with van der Waals surface area (Å²) in [6, 6.07) is 5.91. The molecule has 2 heterocycles. The Morgan fingerprint density at radius 1 is 1.39 bits per heavy atom. The number of nitrogen functional groups attached to an aromatic ring is 1. The molecule has 7 heteroatoms. The van der Waals surface area contributed by atoms with Gasteiger partial charge in [0.25, 0.3) is 5.91 Å². The number of nitrogens with zero attached hydrogens (tertiary/aromatic N) is 3. The number of ether oxygens (including phenoxy) is 1. The van der Waals surface area contributed by atoms with Gasteiger partial charge in [-0.2, -0.15) is 11.8 Å². The summed E-state index contributed by atoms with van der Waals surface area (Å²) >= 11 is 1.86. The maximum absolute atomic E-state index is 12.0. The highest BCUT2D eigenvalue weighted by molar-refractivity contribution is 7.98. The van der Waals surface area contributed by atoms with Gasteiger partial charge in [-0.3, -0.25) is 4.79 Å². The van der Waals surface area contributed by atoms with Crippen molar-refractivity contribution in [3.05, 3.63) is 18.2 Å². The highest BCUT2D eigenvalue weighted by Gasteiger charge is 2.21. The number of anilines is 2. The Balaban J connectivity index is 1.82. The Hall–Kier alpha value is -1.73. The van der Waals surface area contributed by atoms with Crippen LogP contribution in [0.3, 0.4) is 0 Å². The van der Waals surface area contributed by atoms with Crippen molar-refractivity contribution in [3.63, 3.8) is 0 Å². The van der Waals surface area contributed by atoms with E-state index in [1.165, 1.54) is 6.42 Å². The van der Waals surface area contributed by atoms with Crippen molar-refractivity contribution in [3.8, 4) is 0 Å². The highest BCUT2D eigenvalue weighted by atomic mass is 32.2. The van der Waals surface area contributed by atoms with Gasteiger partial charge in [0.05, 0.1) is 17.6 Å². The van der Waals surface area contributed by atoms with Gasteiger partial charge in [-0.15, -0.1) is 0 Å². The number of hydrogen-bond acceptors (Lipinski definition) is 5. The summed E-state index contributed by atoms with van der Waals surface area (Å²) in [7, 11) is 0. The minimum atomic E-state index is -0.0138. The molecule has 124 valence electrons. The molecule has 1 aliphatic heterocycles. The van der Waals surface area contributed by atoms with Crippen LogP contribution in [0.5, 0.6) is 0 Å². The summed E-state index contributed by atoms with van der Waals surface area (Å²) in [5, 5.41) is 0. The summed E-state index contributed by atoms with van der Waals surface area (Å²) in [5.41, 5.74) is 8.79. The van der Waals surface area contributed by atoms with Crippen molar-refractivity contribution >= 4 is 40.3 Å². The lowest BCUT2D eigenvalue weighted by atomic mass is 10.2. The summed E-state index contributed by atoms with van der Waals surface area (Å²) in [5.74, 6) is 1.69. The number of morpholine rings is 1. The number of benzene rings is 1. The number of aryl methyl sites for hydroxylation is 1. The number of nitrogens with two attached hydrogens (primary N) is 1. The molecule has 3 rings (SSSR count). The quantitative estimate of drug-likeness (QED) is 0.819. The van der Waals surface area contributed by atoms with Gasteiger partial charge in [0, 0.05) is 18.8 Å². The van der Waals surface area contributed by atoms with Crippen LogP contribution in [-0.2, 0) is 16.1 Å². The van der Waals surface area contributed by atoms with Crippen LogP contribution in [0.4, 0.5) is 11.6 Å². The molecule has 1 aromatic heterocycles. The molecule has 1 fully saturated rings. The van der Waals surface area contributed by atoms with Gasteiger partial charge in [-0.1, -0.05) is 0 Å². The van der Waals surface area contributed by atoms with E-state index in [1.54, 1.807) is 4.90 Å². The van der Waals surface area contributed by atoms with E-state index in [9.17, 15) is 4.79 Å². The number of unbranched alkanes of at least 4 members (excludes halogenated alkanes) is 1. The molecule has 1 saturated heterocycles.